The maximum absolute atomic E-state index is 13.5. The Balaban J connectivity index is 1.91. The van der Waals surface area contributed by atoms with Gasteiger partial charge in [0.05, 0.1) is 27.8 Å². The summed E-state index contributed by atoms with van der Waals surface area (Å²) in [6.45, 7) is 1.71. The van der Waals surface area contributed by atoms with Crippen molar-refractivity contribution in [1.29, 1.82) is 0 Å². The SMILES string of the molecule is CCOC(=O)N1CCN(C(=O)CN(c2ccc(Cl)c(C(F)(F)F)c2)S(=O)(=O)c2ccccc2)CC1. The second-order valence-electron chi connectivity index (χ2n) is 7.55. The highest BCUT2D eigenvalue weighted by Gasteiger charge is 2.36. The lowest BCUT2D eigenvalue weighted by atomic mass is 10.2. The van der Waals surface area contributed by atoms with Gasteiger partial charge in [0.25, 0.3) is 10.0 Å². The molecular weight excluding hydrogens is 511 g/mol. The van der Waals surface area contributed by atoms with Gasteiger partial charge >= 0.3 is 12.3 Å². The van der Waals surface area contributed by atoms with E-state index < -0.39 is 45.3 Å². The molecule has 2 aromatic rings. The van der Waals surface area contributed by atoms with Crippen LogP contribution in [0.5, 0.6) is 0 Å². The maximum Gasteiger partial charge on any atom is 0.417 e. The summed E-state index contributed by atoms with van der Waals surface area (Å²) in [6, 6.07) is 9.74. The average molecular weight is 534 g/mol. The molecule has 0 aromatic heterocycles. The molecule has 1 saturated heterocycles. The number of piperazine rings is 1. The molecule has 1 fully saturated rings. The number of ether oxygens (including phenoxy) is 1. The van der Waals surface area contributed by atoms with Gasteiger partial charge in [-0.05, 0) is 37.3 Å². The molecule has 0 aliphatic carbocycles. The molecule has 0 atom stereocenters. The number of sulfonamides is 1. The van der Waals surface area contributed by atoms with Crippen molar-refractivity contribution in [2.75, 3.05) is 43.6 Å². The molecule has 1 heterocycles. The van der Waals surface area contributed by atoms with Crippen LogP contribution in [-0.2, 0) is 25.7 Å². The molecule has 0 unspecified atom stereocenters. The van der Waals surface area contributed by atoms with E-state index in [0.29, 0.717) is 10.4 Å². The maximum atomic E-state index is 13.5. The number of nitrogens with zero attached hydrogens (tertiary/aromatic N) is 3. The highest BCUT2D eigenvalue weighted by molar-refractivity contribution is 7.92. The molecule has 0 spiro atoms. The summed E-state index contributed by atoms with van der Waals surface area (Å²) in [5.41, 5.74) is -1.58. The Labute approximate surface area is 205 Å². The van der Waals surface area contributed by atoms with Crippen molar-refractivity contribution in [3.8, 4) is 0 Å². The third-order valence-corrected chi connectivity index (χ3v) is 7.43. The van der Waals surface area contributed by atoms with Crippen molar-refractivity contribution >= 4 is 39.3 Å². The van der Waals surface area contributed by atoms with Gasteiger partial charge < -0.3 is 14.5 Å². The van der Waals surface area contributed by atoms with E-state index in [1.54, 1.807) is 13.0 Å². The van der Waals surface area contributed by atoms with Crippen LogP contribution >= 0.6 is 11.6 Å². The molecule has 0 saturated carbocycles. The smallest absolute Gasteiger partial charge is 0.417 e. The quantitative estimate of drug-likeness (QED) is 0.563. The molecular formula is C22H23ClF3N3O5S. The fourth-order valence-corrected chi connectivity index (χ4v) is 5.15. The van der Waals surface area contributed by atoms with Gasteiger partial charge in [0.2, 0.25) is 5.91 Å². The number of carbonyl (C=O) groups excluding carboxylic acids is 2. The van der Waals surface area contributed by atoms with Crippen molar-refractivity contribution in [2.45, 2.75) is 18.0 Å². The zero-order valence-electron chi connectivity index (χ0n) is 18.7. The predicted molar refractivity (Wildman–Crippen MR) is 123 cm³/mol. The second kappa shape index (κ2) is 10.7. The van der Waals surface area contributed by atoms with E-state index >= 15 is 0 Å². The van der Waals surface area contributed by atoms with E-state index in [2.05, 4.69) is 0 Å². The van der Waals surface area contributed by atoms with Gasteiger partial charge in [0, 0.05) is 26.2 Å². The molecule has 13 heteroatoms. The molecule has 190 valence electrons. The van der Waals surface area contributed by atoms with Gasteiger partial charge in [-0.15, -0.1) is 0 Å². The number of hydrogen-bond acceptors (Lipinski definition) is 5. The number of hydrogen-bond donors (Lipinski definition) is 0. The van der Waals surface area contributed by atoms with Gasteiger partial charge in [-0.1, -0.05) is 29.8 Å². The monoisotopic (exact) mass is 533 g/mol. The number of benzene rings is 2. The van der Waals surface area contributed by atoms with E-state index in [1.165, 1.54) is 34.1 Å². The van der Waals surface area contributed by atoms with Crippen LogP contribution in [0.25, 0.3) is 0 Å². The topological polar surface area (TPSA) is 87.2 Å². The Morgan fingerprint density at radius 3 is 2.20 bits per heavy atom. The Morgan fingerprint density at radius 1 is 1.03 bits per heavy atom. The van der Waals surface area contributed by atoms with Crippen LogP contribution in [-0.4, -0.2) is 69.5 Å². The van der Waals surface area contributed by atoms with Crippen LogP contribution in [0.1, 0.15) is 12.5 Å². The van der Waals surface area contributed by atoms with Gasteiger partial charge in [-0.25, -0.2) is 13.2 Å². The highest BCUT2D eigenvalue weighted by Crippen LogP contribution is 2.38. The summed E-state index contributed by atoms with van der Waals surface area (Å²) in [7, 11) is -4.40. The number of carbonyl (C=O) groups is 2. The minimum atomic E-state index is -4.83. The third kappa shape index (κ3) is 6.17. The molecule has 0 bridgehead atoms. The van der Waals surface area contributed by atoms with Crippen LogP contribution < -0.4 is 4.31 Å². The fourth-order valence-electron chi connectivity index (χ4n) is 3.50. The Bertz CT molecular complexity index is 1170. The predicted octanol–water partition coefficient (Wildman–Crippen LogP) is 3.85. The molecule has 8 nitrogen and oxygen atoms in total. The second-order valence-corrected chi connectivity index (χ2v) is 9.82. The van der Waals surface area contributed by atoms with E-state index in [4.69, 9.17) is 16.3 Å². The first-order chi connectivity index (χ1) is 16.4. The van der Waals surface area contributed by atoms with Crippen molar-refractivity contribution < 1.29 is 35.9 Å². The van der Waals surface area contributed by atoms with Crippen molar-refractivity contribution in [1.82, 2.24) is 9.80 Å². The van der Waals surface area contributed by atoms with Crippen LogP contribution in [0.15, 0.2) is 53.4 Å². The van der Waals surface area contributed by atoms with Crippen molar-refractivity contribution in [3.63, 3.8) is 0 Å². The zero-order valence-corrected chi connectivity index (χ0v) is 20.2. The number of rotatable bonds is 6. The first-order valence-corrected chi connectivity index (χ1v) is 12.4. The summed E-state index contributed by atoms with van der Waals surface area (Å²) in [6.07, 6.45) is -5.35. The largest absolute Gasteiger partial charge is 0.450 e. The van der Waals surface area contributed by atoms with E-state index in [0.717, 1.165) is 12.1 Å². The molecule has 1 aliphatic rings. The first kappa shape index (κ1) is 26.6. The summed E-state index contributed by atoms with van der Waals surface area (Å²) < 4.78 is 72.7. The zero-order chi connectivity index (χ0) is 25.8. The Hall–Kier alpha value is -2.99. The van der Waals surface area contributed by atoms with E-state index in [-0.39, 0.29) is 43.4 Å². The van der Waals surface area contributed by atoms with Crippen LogP contribution in [0.2, 0.25) is 5.02 Å². The van der Waals surface area contributed by atoms with Crippen LogP contribution in [0.3, 0.4) is 0 Å². The minimum absolute atomic E-state index is 0.116. The lowest BCUT2D eigenvalue weighted by Crippen LogP contribution is -2.53. The van der Waals surface area contributed by atoms with Gasteiger partial charge in [-0.2, -0.15) is 13.2 Å². The molecule has 0 N–H and O–H groups in total. The van der Waals surface area contributed by atoms with Gasteiger partial charge in [0.1, 0.15) is 6.54 Å². The van der Waals surface area contributed by atoms with Crippen molar-refractivity contribution in [3.05, 3.63) is 59.1 Å². The molecule has 35 heavy (non-hydrogen) atoms. The van der Waals surface area contributed by atoms with Gasteiger partial charge in [-0.3, -0.25) is 9.10 Å². The van der Waals surface area contributed by atoms with Gasteiger partial charge in [0.15, 0.2) is 0 Å². The summed E-state index contributed by atoms with van der Waals surface area (Å²) in [4.78, 5) is 27.5. The van der Waals surface area contributed by atoms with E-state index in [9.17, 15) is 31.2 Å². The number of amides is 2. The first-order valence-electron chi connectivity index (χ1n) is 10.6. The fraction of sp³-hybridized carbons (Fsp3) is 0.364. The number of anilines is 1. The molecule has 3 rings (SSSR count). The lowest BCUT2D eigenvalue weighted by Gasteiger charge is -2.35. The minimum Gasteiger partial charge on any atom is -0.450 e. The standard InChI is InChI=1S/C22H23ClF3N3O5S/c1-2-34-21(31)28-12-10-27(11-13-28)20(30)15-29(35(32,33)17-6-4-3-5-7-17)16-8-9-19(23)18(14-16)22(24,25)26/h3-9,14H,2,10-13,15H2,1H3. The summed E-state index contributed by atoms with van der Waals surface area (Å²) >= 11 is 5.70. The summed E-state index contributed by atoms with van der Waals surface area (Å²) in [5.74, 6) is -0.628. The van der Waals surface area contributed by atoms with Crippen LogP contribution in [0, 0.1) is 0 Å². The van der Waals surface area contributed by atoms with Crippen molar-refractivity contribution in [2.24, 2.45) is 0 Å². The molecule has 2 amide bonds. The average Bonchev–Trinajstić information content (AvgIpc) is 2.83. The lowest BCUT2D eigenvalue weighted by molar-refractivity contribution is -0.137. The molecule has 0 radical (unpaired) electrons. The normalized spacial score (nSPS) is 14.5. The number of halogens is 4. The Kier molecular flexibility index (Phi) is 8.16. The molecule has 1 aliphatic heterocycles. The highest BCUT2D eigenvalue weighted by atomic mass is 35.5. The van der Waals surface area contributed by atoms with E-state index in [1.807, 2.05) is 0 Å². The molecule has 2 aromatic carbocycles. The summed E-state index contributed by atoms with van der Waals surface area (Å²) in [5, 5.41) is -0.597. The Morgan fingerprint density at radius 2 is 1.63 bits per heavy atom. The third-order valence-electron chi connectivity index (χ3n) is 5.31. The number of alkyl halides is 3. The van der Waals surface area contributed by atoms with Crippen LogP contribution in [0.4, 0.5) is 23.7 Å².